The van der Waals surface area contributed by atoms with Gasteiger partial charge in [0, 0.05) is 6.54 Å². The highest BCUT2D eigenvalue weighted by atomic mass is 35.5. The molecule has 0 aromatic heterocycles. The quantitative estimate of drug-likeness (QED) is 0.786. The second-order valence-electron chi connectivity index (χ2n) is 7.12. The fourth-order valence-electron chi connectivity index (χ4n) is 3.59. The number of ether oxygens (including phenoxy) is 1. The van der Waals surface area contributed by atoms with Crippen LogP contribution in [0.15, 0.2) is 48.5 Å². The molecule has 2 aromatic rings. The molecule has 0 aliphatic carbocycles. The summed E-state index contributed by atoms with van der Waals surface area (Å²) in [5.74, 6) is 1.13. The van der Waals surface area contributed by atoms with Gasteiger partial charge in [-0.05, 0) is 56.0 Å². The van der Waals surface area contributed by atoms with Crippen LogP contribution >= 0.6 is 11.6 Å². The first-order chi connectivity index (χ1) is 13.2. The molecule has 3 rings (SSSR count). The predicted molar refractivity (Wildman–Crippen MR) is 107 cm³/mol. The third-order valence-electron chi connectivity index (χ3n) is 5.06. The number of hydrogen-bond donors (Lipinski definition) is 1. The zero-order valence-corrected chi connectivity index (χ0v) is 16.1. The molecule has 1 N–H and O–H groups in total. The lowest BCUT2D eigenvalue weighted by molar-refractivity contribution is 0.0550. The van der Waals surface area contributed by atoms with Gasteiger partial charge in [-0.3, -0.25) is 0 Å². The summed E-state index contributed by atoms with van der Waals surface area (Å²) >= 11 is 6.00. The molecule has 27 heavy (non-hydrogen) atoms. The maximum atomic E-state index is 10.3. The minimum atomic E-state index is -0.596. The zero-order chi connectivity index (χ0) is 19.1. The van der Waals surface area contributed by atoms with Crippen LogP contribution in [0.2, 0.25) is 5.02 Å². The molecule has 1 aliphatic rings. The van der Waals surface area contributed by atoms with Crippen LogP contribution in [-0.2, 0) is 6.42 Å². The summed E-state index contributed by atoms with van der Waals surface area (Å²) in [5.41, 5.74) is 1.72. The molecule has 0 radical (unpaired) electrons. The Labute approximate surface area is 165 Å². The van der Waals surface area contributed by atoms with Gasteiger partial charge in [0.2, 0.25) is 0 Å². The fraction of sp³-hybridized carbons (Fsp3) is 0.409. The third kappa shape index (κ3) is 5.71. The molecule has 1 saturated heterocycles. The molecule has 2 aromatic carbocycles. The first-order valence-corrected chi connectivity index (χ1v) is 9.79. The lowest BCUT2D eigenvalue weighted by atomic mass is 9.90. The standard InChI is InChI=1S/C22H25ClN2O2/c23-21-7-4-8-22(20(21)14-24)27-16-19(26)15-25-11-9-18(10-12-25)13-17-5-2-1-3-6-17/h1-8,18-19,26H,9-13,15-16H2/t19-/m1/s1. The molecular weight excluding hydrogens is 360 g/mol. The summed E-state index contributed by atoms with van der Waals surface area (Å²) in [4.78, 5) is 2.29. The molecule has 0 spiro atoms. The van der Waals surface area contributed by atoms with Gasteiger partial charge in [0.1, 0.15) is 30.1 Å². The van der Waals surface area contributed by atoms with Gasteiger partial charge in [0.05, 0.1) is 5.02 Å². The summed E-state index contributed by atoms with van der Waals surface area (Å²) in [7, 11) is 0. The normalized spacial score (nSPS) is 16.6. The van der Waals surface area contributed by atoms with E-state index in [2.05, 4.69) is 35.2 Å². The molecule has 0 saturated carbocycles. The van der Waals surface area contributed by atoms with Crippen LogP contribution in [0.4, 0.5) is 0 Å². The van der Waals surface area contributed by atoms with Gasteiger partial charge in [-0.1, -0.05) is 48.0 Å². The van der Waals surface area contributed by atoms with Gasteiger partial charge >= 0.3 is 0 Å². The van der Waals surface area contributed by atoms with Crippen molar-refractivity contribution in [2.45, 2.75) is 25.4 Å². The minimum absolute atomic E-state index is 0.152. The van der Waals surface area contributed by atoms with Crippen molar-refractivity contribution in [1.82, 2.24) is 4.90 Å². The van der Waals surface area contributed by atoms with Crippen LogP contribution < -0.4 is 4.74 Å². The highest BCUT2D eigenvalue weighted by Crippen LogP contribution is 2.26. The molecule has 1 fully saturated rings. The number of β-amino-alcohol motifs (C(OH)–C–C–N with tert-alkyl or cyclic N) is 1. The summed E-state index contributed by atoms with van der Waals surface area (Å²) in [6.07, 6.45) is 2.83. The first kappa shape index (κ1) is 19.7. The number of aliphatic hydroxyl groups is 1. The monoisotopic (exact) mass is 384 g/mol. The van der Waals surface area contributed by atoms with Crippen molar-refractivity contribution < 1.29 is 9.84 Å². The molecule has 1 aliphatic heterocycles. The van der Waals surface area contributed by atoms with Crippen LogP contribution in [0.25, 0.3) is 0 Å². The highest BCUT2D eigenvalue weighted by molar-refractivity contribution is 6.31. The van der Waals surface area contributed by atoms with Gasteiger partial charge in [-0.25, -0.2) is 0 Å². The molecule has 0 unspecified atom stereocenters. The maximum Gasteiger partial charge on any atom is 0.138 e. The van der Waals surface area contributed by atoms with Gasteiger partial charge < -0.3 is 14.7 Å². The molecule has 142 valence electrons. The fourth-order valence-corrected chi connectivity index (χ4v) is 3.80. The van der Waals surface area contributed by atoms with Gasteiger partial charge in [-0.15, -0.1) is 0 Å². The lowest BCUT2D eigenvalue weighted by Gasteiger charge is -2.33. The molecule has 0 bridgehead atoms. The van der Waals surface area contributed by atoms with Crippen LogP contribution in [0.1, 0.15) is 24.0 Å². The SMILES string of the molecule is N#Cc1c(Cl)cccc1OC[C@H](O)CN1CCC(Cc2ccccc2)CC1. The Morgan fingerprint density at radius 3 is 2.59 bits per heavy atom. The largest absolute Gasteiger partial charge is 0.489 e. The number of likely N-dealkylation sites (tertiary alicyclic amines) is 1. The Morgan fingerprint density at radius 2 is 1.89 bits per heavy atom. The van der Waals surface area contributed by atoms with E-state index >= 15 is 0 Å². The third-order valence-corrected chi connectivity index (χ3v) is 5.38. The smallest absolute Gasteiger partial charge is 0.138 e. The van der Waals surface area contributed by atoms with Crippen molar-refractivity contribution in [1.29, 1.82) is 5.26 Å². The average Bonchev–Trinajstić information content (AvgIpc) is 2.69. The Hall–Kier alpha value is -2.06. The van der Waals surface area contributed by atoms with Gasteiger partial charge in [0.15, 0.2) is 0 Å². The van der Waals surface area contributed by atoms with E-state index in [-0.39, 0.29) is 6.61 Å². The van der Waals surface area contributed by atoms with E-state index in [1.54, 1.807) is 18.2 Å². The summed E-state index contributed by atoms with van der Waals surface area (Å²) < 4.78 is 5.63. The van der Waals surface area contributed by atoms with Crippen molar-refractivity contribution in [2.24, 2.45) is 5.92 Å². The second-order valence-corrected chi connectivity index (χ2v) is 7.53. The Bertz CT molecular complexity index is 768. The number of piperidine rings is 1. The topological polar surface area (TPSA) is 56.5 Å². The Morgan fingerprint density at radius 1 is 1.15 bits per heavy atom. The summed E-state index contributed by atoms with van der Waals surface area (Å²) in [5, 5.41) is 19.9. The van der Waals surface area contributed by atoms with Crippen LogP contribution in [0.5, 0.6) is 5.75 Å². The number of hydrogen-bond acceptors (Lipinski definition) is 4. The van der Waals surface area contributed by atoms with E-state index in [9.17, 15) is 10.4 Å². The number of aliphatic hydroxyl groups excluding tert-OH is 1. The van der Waals surface area contributed by atoms with E-state index in [1.165, 1.54) is 5.56 Å². The van der Waals surface area contributed by atoms with Crippen LogP contribution in [0, 0.1) is 17.2 Å². The molecule has 0 amide bonds. The first-order valence-electron chi connectivity index (χ1n) is 9.41. The van der Waals surface area contributed by atoms with E-state index in [1.807, 2.05) is 6.07 Å². The van der Waals surface area contributed by atoms with Crippen molar-refractivity contribution in [3.8, 4) is 11.8 Å². The van der Waals surface area contributed by atoms with E-state index in [4.69, 9.17) is 16.3 Å². The van der Waals surface area contributed by atoms with E-state index in [0.29, 0.717) is 28.8 Å². The zero-order valence-electron chi connectivity index (χ0n) is 15.4. The Balaban J connectivity index is 1.41. The number of halogens is 1. The second kappa shape index (κ2) is 9.75. The van der Waals surface area contributed by atoms with E-state index < -0.39 is 6.10 Å². The maximum absolute atomic E-state index is 10.3. The number of rotatable bonds is 7. The number of nitrogens with zero attached hydrogens (tertiary/aromatic N) is 2. The Kier molecular flexibility index (Phi) is 7.11. The number of nitriles is 1. The molecule has 1 atom stereocenters. The van der Waals surface area contributed by atoms with Crippen molar-refractivity contribution in [3.63, 3.8) is 0 Å². The lowest BCUT2D eigenvalue weighted by Crippen LogP contribution is -2.41. The molecule has 4 nitrogen and oxygen atoms in total. The van der Waals surface area contributed by atoms with Crippen LogP contribution in [-0.4, -0.2) is 42.4 Å². The van der Waals surface area contributed by atoms with Crippen molar-refractivity contribution >= 4 is 11.6 Å². The summed E-state index contributed by atoms with van der Waals surface area (Å²) in [6, 6.07) is 17.8. The van der Waals surface area contributed by atoms with Crippen LogP contribution in [0.3, 0.4) is 0 Å². The molecule has 1 heterocycles. The molecular formula is C22H25ClN2O2. The molecule has 5 heteroatoms. The predicted octanol–water partition coefficient (Wildman–Crippen LogP) is 3.91. The van der Waals surface area contributed by atoms with E-state index in [0.717, 1.165) is 32.4 Å². The van der Waals surface area contributed by atoms with Gasteiger partial charge in [0.25, 0.3) is 0 Å². The minimum Gasteiger partial charge on any atom is -0.489 e. The highest BCUT2D eigenvalue weighted by Gasteiger charge is 2.21. The van der Waals surface area contributed by atoms with Gasteiger partial charge in [-0.2, -0.15) is 5.26 Å². The van der Waals surface area contributed by atoms with Crippen molar-refractivity contribution in [3.05, 3.63) is 64.7 Å². The van der Waals surface area contributed by atoms with Crippen molar-refractivity contribution in [2.75, 3.05) is 26.2 Å². The summed E-state index contributed by atoms with van der Waals surface area (Å²) in [6.45, 7) is 2.73. The number of benzene rings is 2. The average molecular weight is 385 g/mol.